The SMILES string of the molecule is COc1cccc(N2C[C@@]34C=C[C@@H](O3)[C@H](C(=O)NCCc3c[nH]c5ccccc35)[C@@H]4C2=O)c1. The standard InChI is InChI=1S/C26H25N3O4/c1-32-18-6-4-5-17(13-18)29-15-26-11-9-21(33-26)22(23(26)25(29)31)24(30)27-12-10-16-14-28-20-8-3-2-7-19(16)20/h2-9,11,13-14,21-23,28H,10,12,15H2,1H3,(H,27,30)/t21-,22+,23-,26-/m1/s1. The van der Waals surface area contributed by atoms with Crippen LogP contribution in [-0.4, -0.2) is 48.7 Å². The maximum absolute atomic E-state index is 13.5. The van der Waals surface area contributed by atoms with Crippen LogP contribution in [0.25, 0.3) is 10.9 Å². The van der Waals surface area contributed by atoms with Gasteiger partial charge in [0.1, 0.15) is 11.4 Å². The first-order valence-corrected chi connectivity index (χ1v) is 11.2. The largest absolute Gasteiger partial charge is 0.497 e. The maximum atomic E-state index is 13.5. The molecule has 6 rings (SSSR count). The maximum Gasteiger partial charge on any atom is 0.234 e. The number of hydrogen-bond donors (Lipinski definition) is 2. The third-order valence-corrected chi connectivity index (χ3v) is 7.14. The van der Waals surface area contributed by atoms with E-state index in [1.807, 2.05) is 60.8 Å². The van der Waals surface area contributed by atoms with Gasteiger partial charge in [-0.1, -0.05) is 36.4 Å². The van der Waals surface area contributed by atoms with Crippen LogP contribution in [0, 0.1) is 11.8 Å². The Kier molecular flexibility index (Phi) is 4.55. The molecule has 2 aromatic carbocycles. The summed E-state index contributed by atoms with van der Waals surface area (Å²) in [5, 5.41) is 4.22. The Morgan fingerprint density at radius 3 is 3.03 bits per heavy atom. The topological polar surface area (TPSA) is 83.7 Å². The molecule has 2 saturated heterocycles. The fourth-order valence-electron chi connectivity index (χ4n) is 5.57. The van der Waals surface area contributed by atoms with Crippen molar-refractivity contribution in [2.24, 2.45) is 11.8 Å². The van der Waals surface area contributed by atoms with Gasteiger partial charge >= 0.3 is 0 Å². The van der Waals surface area contributed by atoms with Gasteiger partial charge in [0.2, 0.25) is 11.8 Å². The van der Waals surface area contributed by atoms with Gasteiger partial charge in [-0.15, -0.1) is 0 Å². The Morgan fingerprint density at radius 2 is 2.15 bits per heavy atom. The number of aromatic amines is 1. The van der Waals surface area contributed by atoms with E-state index in [1.165, 1.54) is 0 Å². The molecule has 168 valence electrons. The van der Waals surface area contributed by atoms with Crippen molar-refractivity contribution in [3.05, 3.63) is 72.4 Å². The number of H-pyrrole nitrogens is 1. The van der Waals surface area contributed by atoms with Crippen molar-refractivity contribution in [3.8, 4) is 5.75 Å². The molecule has 2 bridgehead atoms. The van der Waals surface area contributed by atoms with E-state index in [2.05, 4.69) is 16.4 Å². The second-order valence-electron chi connectivity index (χ2n) is 8.93. The van der Waals surface area contributed by atoms with Crippen LogP contribution in [0.1, 0.15) is 5.56 Å². The summed E-state index contributed by atoms with van der Waals surface area (Å²) in [5.41, 5.74) is 2.25. The first-order valence-electron chi connectivity index (χ1n) is 11.2. The van der Waals surface area contributed by atoms with Crippen LogP contribution in [0.5, 0.6) is 5.75 Å². The Morgan fingerprint density at radius 1 is 1.27 bits per heavy atom. The average molecular weight is 444 g/mol. The lowest BCUT2D eigenvalue weighted by atomic mass is 9.77. The van der Waals surface area contributed by atoms with Crippen LogP contribution in [0.4, 0.5) is 5.69 Å². The summed E-state index contributed by atoms with van der Waals surface area (Å²) in [6, 6.07) is 15.5. The molecular weight excluding hydrogens is 418 g/mol. The smallest absolute Gasteiger partial charge is 0.234 e. The molecular formula is C26H25N3O4. The minimum atomic E-state index is -0.746. The van der Waals surface area contributed by atoms with Crippen LogP contribution in [0.15, 0.2) is 66.9 Å². The van der Waals surface area contributed by atoms with Gasteiger partial charge in [-0.05, 0) is 30.2 Å². The van der Waals surface area contributed by atoms with Crippen molar-refractivity contribution in [2.75, 3.05) is 25.1 Å². The van der Waals surface area contributed by atoms with Crippen molar-refractivity contribution in [2.45, 2.75) is 18.1 Å². The van der Waals surface area contributed by atoms with Crippen LogP contribution in [0.2, 0.25) is 0 Å². The molecule has 4 atom stereocenters. The second-order valence-corrected chi connectivity index (χ2v) is 8.93. The molecule has 2 fully saturated rings. The monoisotopic (exact) mass is 443 g/mol. The molecule has 7 nitrogen and oxygen atoms in total. The molecule has 0 unspecified atom stereocenters. The van der Waals surface area contributed by atoms with Gasteiger partial charge in [-0.3, -0.25) is 9.59 Å². The summed E-state index contributed by atoms with van der Waals surface area (Å²) in [4.78, 5) is 31.7. The number of fused-ring (bicyclic) bond motifs is 2. The summed E-state index contributed by atoms with van der Waals surface area (Å²) >= 11 is 0. The van der Waals surface area contributed by atoms with Crippen LogP contribution >= 0.6 is 0 Å². The summed E-state index contributed by atoms with van der Waals surface area (Å²) in [7, 11) is 1.60. The van der Waals surface area contributed by atoms with Crippen molar-refractivity contribution < 1.29 is 19.1 Å². The number of hydrogen-bond acceptors (Lipinski definition) is 4. The molecule has 7 heteroatoms. The van der Waals surface area contributed by atoms with Crippen molar-refractivity contribution in [1.82, 2.24) is 10.3 Å². The van der Waals surface area contributed by atoms with Crippen LogP contribution in [-0.2, 0) is 20.7 Å². The van der Waals surface area contributed by atoms with Crippen molar-refractivity contribution in [1.29, 1.82) is 0 Å². The number of methoxy groups -OCH3 is 1. The van der Waals surface area contributed by atoms with Gasteiger partial charge in [-0.25, -0.2) is 0 Å². The summed E-state index contributed by atoms with van der Waals surface area (Å²) in [6.45, 7) is 0.900. The molecule has 1 aromatic heterocycles. The minimum Gasteiger partial charge on any atom is -0.497 e. The highest BCUT2D eigenvalue weighted by Crippen LogP contribution is 2.52. The van der Waals surface area contributed by atoms with E-state index in [4.69, 9.17) is 9.47 Å². The Balaban J connectivity index is 1.18. The van der Waals surface area contributed by atoms with Gasteiger partial charge in [0.05, 0.1) is 31.6 Å². The normalized spacial score (nSPS) is 27.4. The lowest BCUT2D eigenvalue weighted by Crippen LogP contribution is -2.44. The first-order chi connectivity index (χ1) is 16.1. The van der Waals surface area contributed by atoms with Crippen LogP contribution in [0.3, 0.4) is 0 Å². The summed E-state index contributed by atoms with van der Waals surface area (Å²) < 4.78 is 11.6. The quantitative estimate of drug-likeness (QED) is 0.574. The number of carbonyl (C=O) groups is 2. The van der Waals surface area contributed by atoms with Gasteiger partial charge in [0.15, 0.2) is 0 Å². The number of anilines is 1. The summed E-state index contributed by atoms with van der Waals surface area (Å²) in [5.74, 6) is -0.571. The highest BCUT2D eigenvalue weighted by molar-refractivity contribution is 6.03. The van der Waals surface area contributed by atoms with E-state index in [0.717, 1.165) is 22.2 Å². The third kappa shape index (κ3) is 3.07. The molecule has 33 heavy (non-hydrogen) atoms. The number of carbonyl (C=O) groups excluding carboxylic acids is 2. The number of nitrogens with zero attached hydrogens (tertiary/aromatic N) is 1. The number of amides is 2. The van der Waals surface area contributed by atoms with Gasteiger partial charge in [0.25, 0.3) is 0 Å². The first kappa shape index (κ1) is 20.1. The van der Waals surface area contributed by atoms with Gasteiger partial charge in [0, 0.05) is 35.4 Å². The lowest BCUT2D eigenvalue weighted by molar-refractivity contribution is -0.131. The minimum absolute atomic E-state index is 0.0770. The van der Waals surface area contributed by atoms with E-state index in [-0.39, 0.29) is 17.9 Å². The number of ether oxygens (including phenoxy) is 2. The number of para-hydroxylation sites is 1. The van der Waals surface area contributed by atoms with E-state index in [1.54, 1.807) is 12.0 Å². The predicted octanol–water partition coefficient (Wildman–Crippen LogP) is 2.82. The van der Waals surface area contributed by atoms with Gasteiger partial charge in [-0.2, -0.15) is 0 Å². The Bertz CT molecular complexity index is 1280. The van der Waals surface area contributed by atoms with Crippen LogP contribution < -0.4 is 15.0 Å². The van der Waals surface area contributed by atoms with E-state index in [9.17, 15) is 9.59 Å². The lowest BCUT2D eigenvalue weighted by Gasteiger charge is -2.23. The third-order valence-electron chi connectivity index (χ3n) is 7.14. The average Bonchev–Trinajstić information content (AvgIpc) is 3.59. The Labute approximate surface area is 191 Å². The fourth-order valence-corrected chi connectivity index (χ4v) is 5.57. The molecule has 4 heterocycles. The Hall–Kier alpha value is -3.58. The predicted molar refractivity (Wildman–Crippen MR) is 124 cm³/mol. The molecule has 3 aliphatic heterocycles. The van der Waals surface area contributed by atoms with Crippen molar-refractivity contribution in [3.63, 3.8) is 0 Å². The fraction of sp³-hybridized carbons (Fsp3) is 0.308. The number of nitrogens with one attached hydrogen (secondary N) is 2. The molecule has 2 amide bonds. The van der Waals surface area contributed by atoms with Crippen molar-refractivity contribution >= 4 is 28.4 Å². The highest BCUT2D eigenvalue weighted by atomic mass is 16.5. The molecule has 3 aliphatic rings. The molecule has 1 spiro atoms. The zero-order chi connectivity index (χ0) is 22.6. The van der Waals surface area contributed by atoms with E-state index < -0.39 is 17.4 Å². The summed E-state index contributed by atoms with van der Waals surface area (Å²) in [6.07, 6.45) is 6.24. The molecule has 0 radical (unpaired) electrons. The molecule has 0 aliphatic carbocycles. The molecule has 2 N–H and O–H groups in total. The number of rotatable bonds is 6. The number of aromatic nitrogens is 1. The second kappa shape index (κ2) is 7.49. The number of benzene rings is 2. The molecule has 3 aromatic rings. The highest BCUT2D eigenvalue weighted by Gasteiger charge is 2.67. The zero-order valence-electron chi connectivity index (χ0n) is 18.3. The molecule has 0 saturated carbocycles. The van der Waals surface area contributed by atoms with Gasteiger partial charge < -0.3 is 24.7 Å². The van der Waals surface area contributed by atoms with E-state index in [0.29, 0.717) is 25.3 Å². The van der Waals surface area contributed by atoms with E-state index >= 15 is 0 Å². The zero-order valence-corrected chi connectivity index (χ0v) is 18.3.